The molecule has 1 aromatic carbocycles. The molecule has 0 radical (unpaired) electrons. The van der Waals surface area contributed by atoms with Gasteiger partial charge in [0.15, 0.2) is 0 Å². The lowest BCUT2D eigenvalue weighted by Crippen LogP contribution is -2.37. The highest BCUT2D eigenvalue weighted by molar-refractivity contribution is 9.10. The van der Waals surface area contributed by atoms with E-state index in [0.29, 0.717) is 0 Å². The van der Waals surface area contributed by atoms with Crippen molar-refractivity contribution in [3.05, 3.63) is 34.3 Å². The molecular weight excluding hydrogens is 349 g/mol. The monoisotopic (exact) mass is 361 g/mol. The number of hydrogen-bond acceptors (Lipinski definition) is 3. The molecule has 1 saturated heterocycles. The number of carbonyl (C=O) groups excluding carboxylic acids is 1. The molecular formula is C13H13BrFNO3S. The summed E-state index contributed by atoms with van der Waals surface area (Å²) in [5.74, 6) is -0.281. The van der Waals surface area contributed by atoms with Crippen molar-refractivity contribution in [2.45, 2.75) is 30.1 Å². The van der Waals surface area contributed by atoms with Crippen LogP contribution in [-0.4, -0.2) is 31.0 Å². The highest BCUT2D eigenvalue weighted by atomic mass is 79.9. The van der Waals surface area contributed by atoms with Gasteiger partial charge in [-0.1, -0.05) is 28.1 Å². The van der Waals surface area contributed by atoms with Crippen LogP contribution >= 0.6 is 15.9 Å². The van der Waals surface area contributed by atoms with Crippen molar-refractivity contribution in [3.63, 3.8) is 0 Å². The minimum atomic E-state index is -4.66. The molecule has 2 fully saturated rings. The summed E-state index contributed by atoms with van der Waals surface area (Å²) in [6.07, 6.45) is 1.33. The van der Waals surface area contributed by atoms with E-state index in [2.05, 4.69) is 15.9 Å². The summed E-state index contributed by atoms with van der Waals surface area (Å²) in [5.41, 5.74) is 0.544. The van der Waals surface area contributed by atoms with Crippen LogP contribution in [0.4, 0.5) is 3.89 Å². The Morgan fingerprint density at radius 2 is 1.85 bits per heavy atom. The van der Waals surface area contributed by atoms with Gasteiger partial charge in [0, 0.05) is 17.4 Å². The van der Waals surface area contributed by atoms with Crippen LogP contribution in [0.1, 0.15) is 24.8 Å². The van der Waals surface area contributed by atoms with Crippen LogP contribution in [-0.2, 0) is 20.6 Å². The summed E-state index contributed by atoms with van der Waals surface area (Å²) in [6, 6.07) is 7.61. The number of halogens is 2. The molecule has 0 N–H and O–H groups in total. The van der Waals surface area contributed by atoms with Gasteiger partial charge in [-0.15, -0.1) is 3.89 Å². The van der Waals surface area contributed by atoms with E-state index in [1.54, 1.807) is 0 Å². The second-order valence-corrected chi connectivity index (χ2v) is 7.88. The molecule has 0 bridgehead atoms. The third kappa shape index (κ3) is 2.26. The Labute approximate surface area is 125 Å². The summed E-state index contributed by atoms with van der Waals surface area (Å²) in [5, 5.41) is -1.22. The average Bonchev–Trinajstić information content (AvgIpc) is 3.06. The molecule has 7 heteroatoms. The van der Waals surface area contributed by atoms with Crippen LogP contribution in [0.3, 0.4) is 0 Å². The van der Waals surface area contributed by atoms with Gasteiger partial charge in [0.05, 0.1) is 5.54 Å². The molecule has 2 aliphatic rings. The zero-order valence-corrected chi connectivity index (χ0v) is 13.0. The van der Waals surface area contributed by atoms with E-state index in [1.165, 1.54) is 4.90 Å². The molecule has 20 heavy (non-hydrogen) atoms. The smallest absolute Gasteiger partial charge is 0.307 e. The standard InChI is InChI=1S/C13H13BrFNO3S/c14-10-3-1-9(2-4-10)13(5-6-13)16-8-11(7-12(16)17)20(15,18)19/h1-4,11H,5-8H2. The second-order valence-electron chi connectivity index (χ2n) is 5.34. The van der Waals surface area contributed by atoms with Gasteiger partial charge in [-0.25, -0.2) is 0 Å². The van der Waals surface area contributed by atoms with Crippen molar-refractivity contribution in [1.82, 2.24) is 4.90 Å². The normalized spacial score (nSPS) is 25.0. The number of rotatable bonds is 3. The van der Waals surface area contributed by atoms with Crippen molar-refractivity contribution < 1.29 is 17.1 Å². The molecule has 108 valence electrons. The van der Waals surface area contributed by atoms with Crippen LogP contribution in [0, 0.1) is 0 Å². The van der Waals surface area contributed by atoms with Crippen LogP contribution in [0.2, 0.25) is 0 Å². The first-order valence-electron chi connectivity index (χ1n) is 6.33. The first-order chi connectivity index (χ1) is 9.33. The summed E-state index contributed by atoms with van der Waals surface area (Å²) < 4.78 is 36.0. The molecule has 1 unspecified atom stereocenters. The minimum Gasteiger partial charge on any atom is -0.331 e. The molecule has 1 aliphatic heterocycles. The molecule has 0 aromatic heterocycles. The number of hydrogen-bond donors (Lipinski definition) is 0. The first-order valence-corrected chi connectivity index (χ1v) is 8.57. The summed E-state index contributed by atoms with van der Waals surface area (Å²) >= 11 is 3.35. The van der Waals surface area contributed by atoms with Crippen molar-refractivity contribution in [2.75, 3.05) is 6.54 Å². The zero-order valence-electron chi connectivity index (χ0n) is 10.6. The Morgan fingerprint density at radius 1 is 1.25 bits per heavy atom. The number of benzene rings is 1. The molecule has 4 nitrogen and oxygen atoms in total. The fraction of sp³-hybridized carbons (Fsp3) is 0.462. The lowest BCUT2D eigenvalue weighted by atomic mass is 10.0. The van der Waals surface area contributed by atoms with Crippen LogP contribution in [0.15, 0.2) is 28.7 Å². The number of likely N-dealkylation sites (tertiary alicyclic amines) is 1. The topological polar surface area (TPSA) is 54.5 Å². The molecule has 1 aromatic rings. The van der Waals surface area contributed by atoms with Crippen LogP contribution in [0.25, 0.3) is 0 Å². The van der Waals surface area contributed by atoms with Gasteiger partial charge in [-0.2, -0.15) is 8.42 Å². The second kappa shape index (κ2) is 4.53. The van der Waals surface area contributed by atoms with E-state index >= 15 is 0 Å². The maximum atomic E-state index is 13.1. The predicted molar refractivity (Wildman–Crippen MR) is 75.2 cm³/mol. The van der Waals surface area contributed by atoms with Gasteiger partial charge < -0.3 is 4.90 Å². The molecule has 1 saturated carbocycles. The summed E-state index contributed by atoms with van der Waals surface area (Å²) in [4.78, 5) is 13.6. The van der Waals surface area contributed by atoms with E-state index in [1.807, 2.05) is 24.3 Å². The van der Waals surface area contributed by atoms with Crippen molar-refractivity contribution >= 4 is 32.1 Å². The molecule has 1 amide bonds. The number of amides is 1. The quantitative estimate of drug-likeness (QED) is 0.776. The van der Waals surface area contributed by atoms with Gasteiger partial charge in [-0.05, 0) is 30.5 Å². The maximum Gasteiger partial charge on any atom is 0.307 e. The Bertz CT molecular complexity index is 655. The minimum absolute atomic E-state index is 0.0479. The third-order valence-corrected chi connectivity index (χ3v) is 5.75. The van der Waals surface area contributed by atoms with E-state index in [0.717, 1.165) is 22.9 Å². The SMILES string of the molecule is O=C1CC(S(=O)(=O)F)CN1C1(c2ccc(Br)cc2)CC1. The third-order valence-electron chi connectivity index (χ3n) is 4.11. The zero-order chi connectivity index (χ0) is 14.5. The van der Waals surface area contributed by atoms with Crippen LogP contribution < -0.4 is 0 Å². The number of nitrogens with zero attached hydrogens (tertiary/aromatic N) is 1. The van der Waals surface area contributed by atoms with Crippen LogP contribution in [0.5, 0.6) is 0 Å². The van der Waals surface area contributed by atoms with Gasteiger partial charge in [0.25, 0.3) is 0 Å². The van der Waals surface area contributed by atoms with Gasteiger partial charge in [0.2, 0.25) is 5.91 Å². The molecule has 1 heterocycles. The molecule has 3 rings (SSSR count). The maximum absolute atomic E-state index is 13.1. The predicted octanol–water partition coefficient (Wildman–Crippen LogP) is 2.34. The fourth-order valence-corrected chi connectivity index (χ4v) is 3.80. The summed E-state index contributed by atoms with van der Waals surface area (Å²) in [6.45, 7) is -0.0479. The molecule has 1 atom stereocenters. The molecule has 1 aliphatic carbocycles. The average molecular weight is 362 g/mol. The highest BCUT2D eigenvalue weighted by Gasteiger charge is 2.55. The summed E-state index contributed by atoms with van der Waals surface area (Å²) in [7, 11) is -4.66. The van der Waals surface area contributed by atoms with E-state index < -0.39 is 21.0 Å². The lowest BCUT2D eigenvalue weighted by molar-refractivity contribution is -0.130. The highest BCUT2D eigenvalue weighted by Crippen LogP contribution is 2.53. The lowest BCUT2D eigenvalue weighted by Gasteiger charge is -2.28. The van der Waals surface area contributed by atoms with E-state index in [4.69, 9.17) is 0 Å². The Morgan fingerprint density at radius 3 is 2.30 bits per heavy atom. The largest absolute Gasteiger partial charge is 0.331 e. The van der Waals surface area contributed by atoms with Crippen molar-refractivity contribution in [1.29, 1.82) is 0 Å². The van der Waals surface area contributed by atoms with E-state index in [-0.39, 0.29) is 18.9 Å². The Kier molecular flexibility index (Phi) is 3.17. The fourth-order valence-electron chi connectivity index (χ4n) is 2.87. The number of carbonyl (C=O) groups is 1. The van der Waals surface area contributed by atoms with E-state index in [9.17, 15) is 17.1 Å². The van der Waals surface area contributed by atoms with Crippen molar-refractivity contribution in [3.8, 4) is 0 Å². The van der Waals surface area contributed by atoms with Gasteiger partial charge >= 0.3 is 10.2 Å². The Balaban J connectivity index is 1.89. The van der Waals surface area contributed by atoms with Gasteiger partial charge in [0.1, 0.15) is 5.25 Å². The first kappa shape index (κ1) is 14.0. The Hall–Kier alpha value is -0.950. The van der Waals surface area contributed by atoms with Gasteiger partial charge in [-0.3, -0.25) is 4.79 Å². The van der Waals surface area contributed by atoms with Crippen molar-refractivity contribution in [2.24, 2.45) is 0 Å². The molecule has 0 spiro atoms.